The molecule has 0 spiro atoms. The Kier molecular flexibility index (Phi) is 8.12. The van der Waals surface area contributed by atoms with Crippen molar-refractivity contribution in [2.45, 2.75) is 64.8 Å². The summed E-state index contributed by atoms with van der Waals surface area (Å²) in [4.78, 5) is 27.7. The monoisotopic (exact) mass is 541 g/mol. The van der Waals surface area contributed by atoms with Gasteiger partial charge in [0.15, 0.2) is 11.6 Å². The molecule has 14 heteroatoms. The molecular formula is C24H30F3N5O6. The summed E-state index contributed by atoms with van der Waals surface area (Å²) in [5.74, 6) is -1.21. The Morgan fingerprint density at radius 3 is 2.61 bits per heavy atom. The lowest BCUT2D eigenvalue weighted by Crippen LogP contribution is -2.49. The van der Waals surface area contributed by atoms with Crippen molar-refractivity contribution in [1.82, 2.24) is 10.3 Å². The second kappa shape index (κ2) is 10.8. The highest BCUT2D eigenvalue weighted by molar-refractivity contribution is 5.69. The van der Waals surface area contributed by atoms with E-state index in [-0.39, 0.29) is 36.0 Å². The first kappa shape index (κ1) is 28.6. The Bertz CT molecular complexity index is 1200. The quantitative estimate of drug-likeness (QED) is 0.367. The topological polar surface area (TPSA) is 142 Å². The fraction of sp³-hybridized carbons (Fsp3) is 0.500. The Labute approximate surface area is 217 Å². The summed E-state index contributed by atoms with van der Waals surface area (Å²) >= 11 is 0. The highest BCUT2D eigenvalue weighted by Crippen LogP contribution is 2.40. The number of rotatable bonds is 8. The molecular weight excluding hydrogens is 511 g/mol. The van der Waals surface area contributed by atoms with E-state index in [1.54, 1.807) is 34.6 Å². The highest BCUT2D eigenvalue weighted by atomic mass is 19.3. The first-order valence-electron chi connectivity index (χ1n) is 11.6. The van der Waals surface area contributed by atoms with Crippen LogP contribution in [0.3, 0.4) is 0 Å². The molecule has 1 amide bonds. The molecule has 38 heavy (non-hydrogen) atoms. The van der Waals surface area contributed by atoms with E-state index in [4.69, 9.17) is 19.9 Å². The molecule has 0 aliphatic carbocycles. The molecule has 3 rings (SSSR count). The number of carbonyl (C=O) groups excluding carboxylic acids is 1. The number of nitrogens with zero attached hydrogens (tertiary/aromatic N) is 3. The standard InChI is InChI=1S/C24H30F3N5O6/c1-23(2,3)38-22(33)30-24(4,5)12-37-17-7-6-14(25)8-13(17)10-31-16(19(26)27)11-36-18-9-15(32(34)35)20(28)29-21(18)31/h6-9,16,19H,10-12H2,1-5H3,(H2,28,29)(H,30,33)/t16-/m0/s1. The van der Waals surface area contributed by atoms with Gasteiger partial charge in [-0.1, -0.05) is 0 Å². The number of ether oxygens (including phenoxy) is 3. The molecule has 0 saturated carbocycles. The number of alkyl carbamates (subject to hydrolysis) is 1. The van der Waals surface area contributed by atoms with Crippen LogP contribution in [0.4, 0.5) is 35.3 Å². The summed E-state index contributed by atoms with van der Waals surface area (Å²) in [6.07, 6.45) is -3.55. The van der Waals surface area contributed by atoms with Crippen molar-refractivity contribution in [3.8, 4) is 11.5 Å². The maximum atomic E-state index is 14.2. The van der Waals surface area contributed by atoms with Crippen molar-refractivity contribution in [1.29, 1.82) is 0 Å². The molecule has 0 radical (unpaired) electrons. The third-order valence-corrected chi connectivity index (χ3v) is 5.34. The molecule has 208 valence electrons. The number of carbonyl (C=O) groups is 1. The number of amides is 1. The van der Waals surface area contributed by atoms with Gasteiger partial charge in [-0.05, 0) is 52.8 Å². The third kappa shape index (κ3) is 7.07. The number of halogens is 3. The fourth-order valence-corrected chi connectivity index (χ4v) is 3.64. The van der Waals surface area contributed by atoms with Crippen molar-refractivity contribution < 1.29 is 37.1 Å². The summed E-state index contributed by atoms with van der Waals surface area (Å²) in [5.41, 5.74) is 3.73. The molecule has 0 unspecified atom stereocenters. The van der Waals surface area contributed by atoms with Crippen molar-refractivity contribution in [2.75, 3.05) is 23.8 Å². The third-order valence-electron chi connectivity index (χ3n) is 5.34. The van der Waals surface area contributed by atoms with Crippen LogP contribution >= 0.6 is 0 Å². The van der Waals surface area contributed by atoms with Crippen LogP contribution in [0.5, 0.6) is 11.5 Å². The van der Waals surface area contributed by atoms with Crippen molar-refractivity contribution in [3.05, 3.63) is 45.8 Å². The Morgan fingerprint density at radius 1 is 1.32 bits per heavy atom. The van der Waals surface area contributed by atoms with Crippen molar-refractivity contribution in [2.24, 2.45) is 0 Å². The molecule has 0 saturated heterocycles. The first-order chi connectivity index (χ1) is 17.6. The number of aromatic nitrogens is 1. The average molecular weight is 542 g/mol. The minimum absolute atomic E-state index is 0.0692. The van der Waals surface area contributed by atoms with Gasteiger partial charge in [0.05, 0.1) is 16.5 Å². The molecule has 1 atom stereocenters. The summed E-state index contributed by atoms with van der Waals surface area (Å²) in [5, 5.41) is 13.9. The average Bonchev–Trinajstić information content (AvgIpc) is 2.76. The zero-order chi connectivity index (χ0) is 28.4. The summed E-state index contributed by atoms with van der Waals surface area (Å²) in [6.45, 7) is 7.66. The van der Waals surface area contributed by atoms with E-state index in [1.807, 2.05) is 0 Å². The Morgan fingerprint density at radius 2 is 2.00 bits per heavy atom. The molecule has 1 aromatic carbocycles. The van der Waals surface area contributed by atoms with Gasteiger partial charge in [-0.15, -0.1) is 0 Å². The maximum Gasteiger partial charge on any atom is 0.408 e. The minimum Gasteiger partial charge on any atom is -0.491 e. The van der Waals surface area contributed by atoms with Crippen LogP contribution in [0, 0.1) is 15.9 Å². The minimum atomic E-state index is -2.89. The summed E-state index contributed by atoms with van der Waals surface area (Å²) in [7, 11) is 0. The van der Waals surface area contributed by atoms with Crippen LogP contribution in [-0.4, -0.2) is 52.8 Å². The highest BCUT2D eigenvalue weighted by Gasteiger charge is 2.37. The van der Waals surface area contributed by atoms with Gasteiger partial charge >= 0.3 is 11.8 Å². The maximum absolute atomic E-state index is 14.2. The second-order valence-electron chi connectivity index (χ2n) is 10.4. The number of benzene rings is 1. The number of anilines is 2. The lowest BCUT2D eigenvalue weighted by atomic mass is 10.1. The number of hydrogen-bond donors (Lipinski definition) is 2. The lowest BCUT2D eigenvalue weighted by Gasteiger charge is -2.37. The lowest BCUT2D eigenvalue weighted by molar-refractivity contribution is -0.384. The van der Waals surface area contributed by atoms with E-state index in [9.17, 15) is 28.1 Å². The molecule has 2 aromatic rings. The van der Waals surface area contributed by atoms with Gasteiger partial charge in [0.2, 0.25) is 5.82 Å². The Balaban J connectivity index is 1.88. The summed E-state index contributed by atoms with van der Waals surface area (Å²) in [6, 6.07) is 3.11. The van der Waals surface area contributed by atoms with E-state index in [2.05, 4.69) is 10.3 Å². The predicted octanol–water partition coefficient (Wildman–Crippen LogP) is 4.43. The van der Waals surface area contributed by atoms with E-state index < -0.39 is 58.6 Å². The van der Waals surface area contributed by atoms with Gasteiger partial charge in [-0.2, -0.15) is 0 Å². The summed E-state index contributed by atoms with van der Waals surface area (Å²) < 4.78 is 58.6. The zero-order valence-electron chi connectivity index (χ0n) is 21.6. The van der Waals surface area contributed by atoms with Gasteiger partial charge in [-0.3, -0.25) is 10.1 Å². The molecule has 1 aliphatic rings. The van der Waals surface area contributed by atoms with Gasteiger partial charge < -0.3 is 30.2 Å². The molecule has 2 heterocycles. The van der Waals surface area contributed by atoms with Crippen molar-refractivity contribution in [3.63, 3.8) is 0 Å². The number of nitrogens with two attached hydrogens (primary N) is 1. The molecule has 1 aliphatic heterocycles. The van der Waals surface area contributed by atoms with Crippen LogP contribution < -0.4 is 25.4 Å². The van der Waals surface area contributed by atoms with E-state index in [1.165, 1.54) is 6.07 Å². The number of nitro groups is 1. The molecule has 0 fully saturated rings. The number of hydrogen-bond acceptors (Lipinski definition) is 9. The second-order valence-corrected chi connectivity index (χ2v) is 10.4. The van der Waals surface area contributed by atoms with Crippen LogP contribution in [0.15, 0.2) is 24.3 Å². The SMILES string of the molecule is CC(C)(COc1ccc(F)cc1CN1c2nc(N)c([N+](=O)[O-])cc2OC[C@H]1C(F)F)NC(=O)OC(C)(C)C. The predicted molar refractivity (Wildman–Crippen MR) is 132 cm³/mol. The smallest absolute Gasteiger partial charge is 0.408 e. The van der Waals surface area contributed by atoms with Crippen LogP contribution in [-0.2, 0) is 11.3 Å². The Hall–Kier alpha value is -3.97. The first-order valence-corrected chi connectivity index (χ1v) is 11.6. The molecule has 1 aromatic heterocycles. The van der Waals surface area contributed by atoms with E-state index in [0.717, 1.165) is 23.1 Å². The number of pyridine rings is 1. The van der Waals surface area contributed by atoms with E-state index >= 15 is 0 Å². The van der Waals surface area contributed by atoms with Gasteiger partial charge in [0, 0.05) is 12.1 Å². The normalized spacial score (nSPS) is 15.5. The van der Waals surface area contributed by atoms with E-state index in [0.29, 0.717) is 0 Å². The molecule has 3 N–H and O–H groups in total. The number of nitrogens with one attached hydrogen (secondary N) is 1. The molecule has 11 nitrogen and oxygen atoms in total. The largest absolute Gasteiger partial charge is 0.491 e. The van der Waals surface area contributed by atoms with Crippen LogP contribution in [0.1, 0.15) is 40.2 Å². The van der Waals surface area contributed by atoms with Gasteiger partial charge in [-0.25, -0.2) is 22.9 Å². The van der Waals surface area contributed by atoms with Gasteiger partial charge in [0.1, 0.15) is 36.4 Å². The van der Waals surface area contributed by atoms with Crippen molar-refractivity contribution >= 4 is 23.4 Å². The zero-order valence-corrected chi connectivity index (χ0v) is 21.6. The van der Waals surface area contributed by atoms with Crippen LogP contribution in [0.2, 0.25) is 0 Å². The number of alkyl halides is 2. The number of nitrogen functional groups attached to an aromatic ring is 1. The van der Waals surface area contributed by atoms with Gasteiger partial charge in [0.25, 0.3) is 6.43 Å². The fourth-order valence-electron chi connectivity index (χ4n) is 3.64. The number of fused-ring (bicyclic) bond motifs is 1. The molecule has 0 bridgehead atoms. The van der Waals surface area contributed by atoms with Crippen LogP contribution in [0.25, 0.3) is 0 Å².